The number of hydrogen-bond acceptors (Lipinski definition) is 3. The Kier molecular flexibility index (Phi) is 5.92. The first-order valence-electron chi connectivity index (χ1n) is 6.82. The van der Waals surface area contributed by atoms with E-state index in [1.807, 2.05) is 13.8 Å². The standard InChI is InChI=1S/C14H22F3N3/c1-9(2)18-8-6-12-10(3)19-13(20-11(12)4)5-7-14(15,16)17/h9,18H,5-8H2,1-4H3. The Morgan fingerprint density at radius 1 is 1.05 bits per heavy atom. The SMILES string of the molecule is Cc1nc(CCC(F)(F)F)nc(C)c1CCNC(C)C. The van der Waals surface area contributed by atoms with Crippen molar-refractivity contribution in [3.8, 4) is 0 Å². The van der Waals surface area contributed by atoms with E-state index >= 15 is 0 Å². The maximum absolute atomic E-state index is 12.2. The third kappa shape index (κ3) is 5.86. The van der Waals surface area contributed by atoms with Crippen LogP contribution < -0.4 is 5.32 Å². The first-order chi connectivity index (χ1) is 9.19. The summed E-state index contributed by atoms with van der Waals surface area (Å²) in [6.07, 6.45) is -4.41. The fourth-order valence-electron chi connectivity index (χ4n) is 2.02. The molecule has 114 valence electrons. The smallest absolute Gasteiger partial charge is 0.314 e. The zero-order valence-electron chi connectivity index (χ0n) is 12.4. The molecule has 1 aromatic heterocycles. The van der Waals surface area contributed by atoms with Gasteiger partial charge >= 0.3 is 6.18 Å². The molecule has 0 aromatic carbocycles. The van der Waals surface area contributed by atoms with Gasteiger partial charge in [0.25, 0.3) is 0 Å². The van der Waals surface area contributed by atoms with E-state index in [4.69, 9.17) is 0 Å². The molecule has 0 saturated carbocycles. The van der Waals surface area contributed by atoms with Crippen molar-refractivity contribution in [2.75, 3.05) is 6.54 Å². The van der Waals surface area contributed by atoms with Crippen LogP contribution in [0.2, 0.25) is 0 Å². The molecule has 0 aliphatic carbocycles. The average molecular weight is 289 g/mol. The van der Waals surface area contributed by atoms with Gasteiger partial charge in [-0.25, -0.2) is 9.97 Å². The second-order valence-corrected chi connectivity index (χ2v) is 5.26. The molecule has 0 bridgehead atoms. The highest BCUT2D eigenvalue weighted by atomic mass is 19.4. The van der Waals surface area contributed by atoms with Crippen molar-refractivity contribution < 1.29 is 13.2 Å². The summed E-state index contributed by atoms with van der Waals surface area (Å²) in [6, 6.07) is 0.405. The van der Waals surface area contributed by atoms with Gasteiger partial charge in [-0.1, -0.05) is 13.8 Å². The summed E-state index contributed by atoms with van der Waals surface area (Å²) in [7, 11) is 0. The van der Waals surface area contributed by atoms with E-state index in [2.05, 4.69) is 29.1 Å². The molecule has 6 heteroatoms. The number of aryl methyl sites for hydroxylation is 3. The molecule has 3 nitrogen and oxygen atoms in total. The van der Waals surface area contributed by atoms with Crippen molar-refractivity contribution >= 4 is 0 Å². The van der Waals surface area contributed by atoms with Crippen LogP contribution in [0.5, 0.6) is 0 Å². The third-order valence-corrected chi connectivity index (χ3v) is 3.03. The minimum absolute atomic E-state index is 0.157. The first kappa shape index (κ1) is 16.9. The Morgan fingerprint density at radius 2 is 1.60 bits per heavy atom. The first-order valence-corrected chi connectivity index (χ1v) is 6.82. The lowest BCUT2D eigenvalue weighted by Crippen LogP contribution is -2.25. The third-order valence-electron chi connectivity index (χ3n) is 3.03. The lowest BCUT2D eigenvalue weighted by atomic mass is 10.1. The fraction of sp³-hybridized carbons (Fsp3) is 0.714. The highest BCUT2D eigenvalue weighted by Gasteiger charge is 2.27. The van der Waals surface area contributed by atoms with Gasteiger partial charge in [0, 0.05) is 23.9 Å². The van der Waals surface area contributed by atoms with Crippen LogP contribution in [0.3, 0.4) is 0 Å². The zero-order valence-corrected chi connectivity index (χ0v) is 12.4. The normalized spacial score (nSPS) is 12.2. The molecule has 0 atom stereocenters. The Labute approximate surface area is 118 Å². The van der Waals surface area contributed by atoms with Crippen LogP contribution in [0.1, 0.15) is 43.0 Å². The van der Waals surface area contributed by atoms with Crippen LogP contribution >= 0.6 is 0 Å². The lowest BCUT2D eigenvalue weighted by Gasteiger charge is -2.13. The monoisotopic (exact) mass is 289 g/mol. The molecule has 0 fully saturated rings. The number of alkyl halides is 3. The largest absolute Gasteiger partial charge is 0.389 e. The quantitative estimate of drug-likeness (QED) is 0.874. The van der Waals surface area contributed by atoms with E-state index < -0.39 is 12.6 Å². The minimum atomic E-state index is -4.16. The minimum Gasteiger partial charge on any atom is -0.314 e. The fourth-order valence-corrected chi connectivity index (χ4v) is 2.02. The Morgan fingerprint density at radius 3 is 2.05 bits per heavy atom. The van der Waals surface area contributed by atoms with Crippen molar-refractivity contribution in [2.24, 2.45) is 0 Å². The van der Waals surface area contributed by atoms with Crippen molar-refractivity contribution in [1.29, 1.82) is 0 Å². The van der Waals surface area contributed by atoms with Crippen LogP contribution in [0, 0.1) is 13.8 Å². The molecule has 0 aliphatic rings. The van der Waals surface area contributed by atoms with Gasteiger partial charge in [0.2, 0.25) is 0 Å². The van der Waals surface area contributed by atoms with Crippen LogP contribution in [0.4, 0.5) is 13.2 Å². The average Bonchev–Trinajstić information content (AvgIpc) is 2.29. The van der Waals surface area contributed by atoms with Crippen molar-refractivity contribution in [2.45, 2.75) is 59.2 Å². The Balaban J connectivity index is 2.71. The Hall–Kier alpha value is -1.17. The van der Waals surface area contributed by atoms with Crippen LogP contribution in [-0.4, -0.2) is 28.7 Å². The number of halogens is 3. The molecular formula is C14H22F3N3. The molecule has 1 heterocycles. The van der Waals surface area contributed by atoms with Crippen LogP contribution in [0.15, 0.2) is 0 Å². The van der Waals surface area contributed by atoms with E-state index in [-0.39, 0.29) is 12.2 Å². The second kappa shape index (κ2) is 7.02. The Bertz CT molecular complexity index is 419. The topological polar surface area (TPSA) is 37.8 Å². The van der Waals surface area contributed by atoms with Crippen LogP contribution in [0.25, 0.3) is 0 Å². The van der Waals surface area contributed by atoms with E-state index in [1.54, 1.807) is 0 Å². The van der Waals surface area contributed by atoms with E-state index in [0.29, 0.717) is 6.04 Å². The molecule has 0 aliphatic heterocycles. The van der Waals surface area contributed by atoms with Gasteiger partial charge in [-0.05, 0) is 32.4 Å². The summed E-state index contributed by atoms with van der Waals surface area (Å²) in [4.78, 5) is 8.39. The van der Waals surface area contributed by atoms with Gasteiger partial charge in [0.1, 0.15) is 5.82 Å². The molecule has 0 unspecified atom stereocenters. The molecule has 0 spiro atoms. The molecule has 1 aromatic rings. The van der Waals surface area contributed by atoms with Gasteiger partial charge in [0.15, 0.2) is 0 Å². The van der Waals surface area contributed by atoms with Gasteiger partial charge in [-0.15, -0.1) is 0 Å². The van der Waals surface area contributed by atoms with Crippen molar-refractivity contribution in [3.05, 3.63) is 22.8 Å². The van der Waals surface area contributed by atoms with E-state index in [9.17, 15) is 13.2 Å². The van der Waals surface area contributed by atoms with E-state index in [1.165, 1.54) is 0 Å². The zero-order chi connectivity index (χ0) is 15.3. The van der Waals surface area contributed by atoms with Crippen LogP contribution in [-0.2, 0) is 12.8 Å². The predicted octanol–water partition coefficient (Wildman–Crippen LogP) is 3.13. The summed E-state index contributed by atoms with van der Waals surface area (Å²) in [5.41, 5.74) is 2.58. The maximum atomic E-state index is 12.2. The maximum Gasteiger partial charge on any atom is 0.389 e. The summed E-state index contributed by atoms with van der Waals surface area (Å²) in [6.45, 7) is 8.60. The lowest BCUT2D eigenvalue weighted by molar-refractivity contribution is -0.134. The molecule has 1 N–H and O–H groups in total. The molecule has 20 heavy (non-hydrogen) atoms. The number of rotatable bonds is 6. The number of aromatic nitrogens is 2. The summed E-state index contributed by atoms with van der Waals surface area (Å²) < 4.78 is 36.6. The second-order valence-electron chi connectivity index (χ2n) is 5.26. The molecular weight excluding hydrogens is 267 g/mol. The number of nitrogens with one attached hydrogen (secondary N) is 1. The highest BCUT2D eigenvalue weighted by Crippen LogP contribution is 2.21. The van der Waals surface area contributed by atoms with Crippen molar-refractivity contribution in [1.82, 2.24) is 15.3 Å². The van der Waals surface area contributed by atoms with Gasteiger partial charge in [0.05, 0.1) is 6.42 Å². The molecule has 0 amide bonds. The number of nitrogens with zero attached hydrogens (tertiary/aromatic N) is 2. The van der Waals surface area contributed by atoms with Crippen molar-refractivity contribution in [3.63, 3.8) is 0 Å². The summed E-state index contributed by atoms with van der Waals surface area (Å²) in [5.74, 6) is 0.276. The highest BCUT2D eigenvalue weighted by molar-refractivity contribution is 5.24. The summed E-state index contributed by atoms with van der Waals surface area (Å²) >= 11 is 0. The van der Waals surface area contributed by atoms with E-state index in [0.717, 1.165) is 29.9 Å². The molecule has 0 saturated heterocycles. The summed E-state index contributed by atoms with van der Waals surface area (Å²) in [5, 5.41) is 3.30. The van der Waals surface area contributed by atoms with Gasteiger partial charge in [-0.2, -0.15) is 13.2 Å². The van der Waals surface area contributed by atoms with Gasteiger partial charge < -0.3 is 5.32 Å². The van der Waals surface area contributed by atoms with Gasteiger partial charge in [-0.3, -0.25) is 0 Å². The number of hydrogen-bond donors (Lipinski definition) is 1. The molecule has 1 rings (SSSR count). The predicted molar refractivity (Wildman–Crippen MR) is 72.7 cm³/mol. The molecule has 0 radical (unpaired) electrons.